The average Bonchev–Trinajstić information content (AvgIpc) is 2.27. The highest BCUT2D eigenvalue weighted by Crippen LogP contribution is 2.38. The summed E-state index contributed by atoms with van der Waals surface area (Å²) in [5.74, 6) is 0.262. The van der Waals surface area contributed by atoms with Crippen LogP contribution in [-0.4, -0.2) is 29.9 Å². The normalized spacial score (nSPS) is 18.9. The number of rotatable bonds is 3. The van der Waals surface area contributed by atoms with Crippen LogP contribution >= 0.6 is 11.8 Å². The predicted molar refractivity (Wildman–Crippen MR) is 71.0 cm³/mol. The molecule has 1 atom stereocenters. The van der Waals surface area contributed by atoms with Crippen LogP contribution in [0.4, 0.5) is 5.69 Å². The standard InChI is InChI=1S/C13H17NO2S/c1-9-3-5-11-12(7-9)17-8-10(14(11)2)4-6-13(15)16/h3,5,7,10H,4,6,8H2,1-2H3,(H,15,16). The molecule has 0 aliphatic carbocycles. The highest BCUT2D eigenvalue weighted by Gasteiger charge is 2.24. The van der Waals surface area contributed by atoms with Crippen molar-refractivity contribution in [2.24, 2.45) is 0 Å². The molecule has 1 aromatic rings. The Balaban J connectivity index is 2.12. The number of carbonyl (C=O) groups is 1. The molecule has 0 radical (unpaired) electrons. The molecule has 0 aromatic heterocycles. The fourth-order valence-corrected chi connectivity index (χ4v) is 3.48. The molecule has 0 saturated heterocycles. The molecule has 1 N–H and O–H groups in total. The summed E-state index contributed by atoms with van der Waals surface area (Å²) < 4.78 is 0. The summed E-state index contributed by atoms with van der Waals surface area (Å²) in [4.78, 5) is 14.1. The minimum Gasteiger partial charge on any atom is -0.481 e. The van der Waals surface area contributed by atoms with Crippen LogP contribution < -0.4 is 4.90 Å². The third kappa shape index (κ3) is 2.75. The number of aliphatic carboxylic acids is 1. The van der Waals surface area contributed by atoms with E-state index in [1.807, 2.05) is 11.8 Å². The maximum atomic E-state index is 10.6. The first-order valence-corrected chi connectivity index (χ1v) is 6.74. The Hall–Kier alpha value is -1.16. The molecule has 0 fully saturated rings. The zero-order chi connectivity index (χ0) is 12.4. The van der Waals surface area contributed by atoms with Gasteiger partial charge in [0.1, 0.15) is 0 Å². The first kappa shape index (κ1) is 12.3. The van der Waals surface area contributed by atoms with Gasteiger partial charge >= 0.3 is 5.97 Å². The van der Waals surface area contributed by atoms with Gasteiger partial charge < -0.3 is 10.0 Å². The van der Waals surface area contributed by atoms with Crippen molar-refractivity contribution in [3.05, 3.63) is 23.8 Å². The summed E-state index contributed by atoms with van der Waals surface area (Å²) >= 11 is 1.83. The lowest BCUT2D eigenvalue weighted by molar-refractivity contribution is -0.137. The van der Waals surface area contributed by atoms with E-state index >= 15 is 0 Å². The third-order valence-corrected chi connectivity index (χ3v) is 4.36. The first-order chi connectivity index (χ1) is 8.08. The lowest BCUT2D eigenvalue weighted by Gasteiger charge is -2.35. The van der Waals surface area contributed by atoms with Crippen molar-refractivity contribution in [2.45, 2.75) is 30.7 Å². The maximum absolute atomic E-state index is 10.6. The van der Waals surface area contributed by atoms with E-state index in [0.29, 0.717) is 12.5 Å². The number of thioether (sulfide) groups is 1. The van der Waals surface area contributed by atoms with Crippen molar-refractivity contribution in [1.82, 2.24) is 0 Å². The van der Waals surface area contributed by atoms with Gasteiger partial charge in [0.05, 0.1) is 5.69 Å². The zero-order valence-corrected chi connectivity index (χ0v) is 11.0. The van der Waals surface area contributed by atoms with Crippen LogP contribution in [0.5, 0.6) is 0 Å². The molecule has 3 nitrogen and oxygen atoms in total. The predicted octanol–water partition coefficient (Wildman–Crippen LogP) is 2.77. The van der Waals surface area contributed by atoms with E-state index < -0.39 is 5.97 Å². The zero-order valence-electron chi connectivity index (χ0n) is 10.1. The van der Waals surface area contributed by atoms with Crippen molar-refractivity contribution in [3.8, 4) is 0 Å². The molecule has 4 heteroatoms. The number of hydrogen-bond donors (Lipinski definition) is 1. The van der Waals surface area contributed by atoms with Crippen molar-refractivity contribution >= 4 is 23.4 Å². The molecule has 1 heterocycles. The molecule has 0 spiro atoms. The molecule has 2 rings (SSSR count). The fraction of sp³-hybridized carbons (Fsp3) is 0.462. The monoisotopic (exact) mass is 251 g/mol. The molecule has 1 unspecified atom stereocenters. The van der Waals surface area contributed by atoms with Crippen LogP contribution in [0, 0.1) is 6.92 Å². The second kappa shape index (κ2) is 5.00. The highest BCUT2D eigenvalue weighted by molar-refractivity contribution is 7.99. The number of carboxylic acid groups (broad SMARTS) is 1. The van der Waals surface area contributed by atoms with E-state index in [4.69, 9.17) is 5.11 Å². The van der Waals surface area contributed by atoms with Gasteiger partial charge in [0, 0.05) is 30.2 Å². The number of benzene rings is 1. The Bertz CT molecular complexity index is 433. The topological polar surface area (TPSA) is 40.5 Å². The van der Waals surface area contributed by atoms with Gasteiger partial charge in [-0.1, -0.05) is 6.07 Å². The van der Waals surface area contributed by atoms with E-state index in [2.05, 4.69) is 37.1 Å². The van der Waals surface area contributed by atoms with E-state index in [1.54, 1.807) is 0 Å². The number of aryl methyl sites for hydroxylation is 1. The van der Waals surface area contributed by atoms with Gasteiger partial charge in [-0.3, -0.25) is 4.79 Å². The molecule has 1 aliphatic heterocycles. The summed E-state index contributed by atoms with van der Waals surface area (Å²) in [5.41, 5.74) is 2.50. The Labute approximate surface area is 106 Å². The van der Waals surface area contributed by atoms with Crippen molar-refractivity contribution in [1.29, 1.82) is 0 Å². The highest BCUT2D eigenvalue weighted by atomic mass is 32.2. The van der Waals surface area contributed by atoms with E-state index in [-0.39, 0.29) is 6.42 Å². The van der Waals surface area contributed by atoms with Crippen molar-refractivity contribution in [2.75, 3.05) is 17.7 Å². The van der Waals surface area contributed by atoms with E-state index in [9.17, 15) is 4.79 Å². The fourth-order valence-electron chi connectivity index (χ4n) is 2.09. The molecule has 92 valence electrons. The Morgan fingerprint density at radius 2 is 2.35 bits per heavy atom. The summed E-state index contributed by atoms with van der Waals surface area (Å²) in [6, 6.07) is 6.76. The summed E-state index contributed by atoms with van der Waals surface area (Å²) in [5, 5.41) is 8.74. The molecule has 0 amide bonds. The number of hydrogen-bond acceptors (Lipinski definition) is 3. The second-order valence-corrected chi connectivity index (χ2v) is 5.54. The SMILES string of the molecule is Cc1ccc2c(c1)SCC(CCC(=O)O)N2C. The smallest absolute Gasteiger partial charge is 0.303 e. The third-order valence-electron chi connectivity index (χ3n) is 3.17. The first-order valence-electron chi connectivity index (χ1n) is 5.76. The molecule has 17 heavy (non-hydrogen) atoms. The van der Waals surface area contributed by atoms with Crippen LogP contribution in [0.25, 0.3) is 0 Å². The largest absolute Gasteiger partial charge is 0.481 e. The number of nitrogens with zero attached hydrogens (tertiary/aromatic N) is 1. The van der Waals surface area contributed by atoms with Crippen LogP contribution in [0.2, 0.25) is 0 Å². The average molecular weight is 251 g/mol. The summed E-state index contributed by atoms with van der Waals surface area (Å²) in [7, 11) is 2.06. The van der Waals surface area contributed by atoms with Crippen LogP contribution in [0.3, 0.4) is 0 Å². The maximum Gasteiger partial charge on any atom is 0.303 e. The van der Waals surface area contributed by atoms with Gasteiger partial charge in [-0.15, -0.1) is 11.8 Å². The van der Waals surface area contributed by atoms with Gasteiger partial charge in [0.25, 0.3) is 0 Å². The molecular formula is C13H17NO2S. The second-order valence-electron chi connectivity index (χ2n) is 4.48. The molecule has 0 bridgehead atoms. The van der Waals surface area contributed by atoms with Crippen LogP contribution in [-0.2, 0) is 4.79 Å². The van der Waals surface area contributed by atoms with Crippen LogP contribution in [0.1, 0.15) is 18.4 Å². The Morgan fingerprint density at radius 3 is 3.06 bits per heavy atom. The minimum absolute atomic E-state index is 0.247. The Kier molecular flexibility index (Phi) is 3.62. The van der Waals surface area contributed by atoms with Crippen LogP contribution in [0.15, 0.2) is 23.1 Å². The van der Waals surface area contributed by atoms with E-state index in [1.165, 1.54) is 16.1 Å². The molecule has 1 aliphatic rings. The lowest BCUT2D eigenvalue weighted by Crippen LogP contribution is -2.37. The van der Waals surface area contributed by atoms with Gasteiger partial charge in [0.15, 0.2) is 0 Å². The number of carboxylic acids is 1. The minimum atomic E-state index is -0.710. The number of fused-ring (bicyclic) bond motifs is 1. The van der Waals surface area contributed by atoms with Gasteiger partial charge in [-0.2, -0.15) is 0 Å². The number of anilines is 1. The summed E-state index contributed by atoms with van der Waals surface area (Å²) in [6.07, 6.45) is 0.961. The van der Waals surface area contributed by atoms with Gasteiger partial charge in [-0.05, 0) is 31.0 Å². The Morgan fingerprint density at radius 1 is 1.59 bits per heavy atom. The molecular weight excluding hydrogens is 234 g/mol. The van der Waals surface area contributed by atoms with Gasteiger partial charge in [-0.25, -0.2) is 0 Å². The van der Waals surface area contributed by atoms with E-state index in [0.717, 1.165) is 5.75 Å². The van der Waals surface area contributed by atoms with Crippen molar-refractivity contribution in [3.63, 3.8) is 0 Å². The molecule has 0 saturated carbocycles. The lowest BCUT2D eigenvalue weighted by atomic mass is 10.1. The summed E-state index contributed by atoms with van der Waals surface area (Å²) in [6.45, 7) is 2.09. The van der Waals surface area contributed by atoms with Gasteiger partial charge in [0.2, 0.25) is 0 Å². The quantitative estimate of drug-likeness (QED) is 0.896. The molecule has 1 aromatic carbocycles. The van der Waals surface area contributed by atoms with Crippen molar-refractivity contribution < 1.29 is 9.90 Å².